The first kappa shape index (κ1) is 18.5. The van der Waals surface area contributed by atoms with Crippen molar-refractivity contribution in [1.29, 1.82) is 0 Å². The molecule has 2 fully saturated rings. The Balaban J connectivity index is 1.59. The van der Waals surface area contributed by atoms with Crippen molar-refractivity contribution in [3.8, 4) is 0 Å². The quantitative estimate of drug-likeness (QED) is 0.583. The van der Waals surface area contributed by atoms with Gasteiger partial charge in [0.25, 0.3) is 5.56 Å². The predicted octanol–water partition coefficient (Wildman–Crippen LogP) is 2.68. The molecular weight excluding hydrogens is 362 g/mol. The van der Waals surface area contributed by atoms with Gasteiger partial charge in [0, 0.05) is 19.7 Å². The van der Waals surface area contributed by atoms with Gasteiger partial charge in [-0.15, -0.1) is 0 Å². The van der Waals surface area contributed by atoms with E-state index in [4.69, 9.17) is 9.72 Å². The third kappa shape index (κ3) is 4.19. The molecule has 0 saturated carbocycles. The van der Waals surface area contributed by atoms with E-state index in [1.165, 1.54) is 18.2 Å². The highest BCUT2D eigenvalue weighted by atomic mass is 32.2. The molecule has 144 valence electrons. The Bertz CT molecular complexity index is 870. The number of piperidine rings is 1. The summed E-state index contributed by atoms with van der Waals surface area (Å²) < 4.78 is 7.43. The van der Waals surface area contributed by atoms with Crippen LogP contribution in [0.3, 0.4) is 0 Å². The molecule has 1 amide bonds. The standard InChI is InChI=1S/C20H25N3O3S/c24-18(22-10-4-1-5-11-22)14-27-20-21-17-9-3-2-8-16(17)19(25)23(20)13-15-7-6-12-26-15/h2-3,8-9,15H,1,4-7,10-14H2. The van der Waals surface area contributed by atoms with E-state index in [1.54, 1.807) is 4.57 Å². The van der Waals surface area contributed by atoms with Crippen LogP contribution in [0.1, 0.15) is 32.1 Å². The highest BCUT2D eigenvalue weighted by Crippen LogP contribution is 2.22. The summed E-state index contributed by atoms with van der Waals surface area (Å²) in [6.07, 6.45) is 5.38. The molecule has 3 heterocycles. The average Bonchev–Trinajstić information content (AvgIpc) is 3.22. The summed E-state index contributed by atoms with van der Waals surface area (Å²) in [4.78, 5) is 32.2. The molecular formula is C20H25N3O3S. The molecule has 2 aliphatic heterocycles. The smallest absolute Gasteiger partial charge is 0.262 e. The Hall–Kier alpha value is -1.86. The molecule has 27 heavy (non-hydrogen) atoms. The summed E-state index contributed by atoms with van der Waals surface area (Å²) in [7, 11) is 0. The average molecular weight is 388 g/mol. The van der Waals surface area contributed by atoms with Gasteiger partial charge in [-0.1, -0.05) is 23.9 Å². The Morgan fingerprint density at radius 2 is 2.00 bits per heavy atom. The molecule has 0 bridgehead atoms. The number of carbonyl (C=O) groups is 1. The number of amides is 1. The van der Waals surface area contributed by atoms with Crippen molar-refractivity contribution in [2.45, 2.75) is 49.9 Å². The van der Waals surface area contributed by atoms with Crippen molar-refractivity contribution in [2.75, 3.05) is 25.4 Å². The van der Waals surface area contributed by atoms with Gasteiger partial charge in [0.05, 0.1) is 29.3 Å². The van der Waals surface area contributed by atoms with Gasteiger partial charge in [0.15, 0.2) is 5.16 Å². The Morgan fingerprint density at radius 1 is 1.19 bits per heavy atom. The van der Waals surface area contributed by atoms with E-state index in [9.17, 15) is 9.59 Å². The van der Waals surface area contributed by atoms with E-state index in [0.717, 1.165) is 45.4 Å². The zero-order valence-electron chi connectivity index (χ0n) is 15.4. The topological polar surface area (TPSA) is 64.4 Å². The maximum Gasteiger partial charge on any atom is 0.262 e. The number of carbonyl (C=O) groups excluding carboxylic acids is 1. The SMILES string of the molecule is O=C(CSc1nc2ccccc2c(=O)n1CC1CCCO1)N1CCCCC1. The fourth-order valence-electron chi connectivity index (χ4n) is 3.77. The molecule has 1 aromatic carbocycles. The summed E-state index contributed by atoms with van der Waals surface area (Å²) in [5.74, 6) is 0.446. The van der Waals surface area contributed by atoms with E-state index >= 15 is 0 Å². The van der Waals surface area contributed by atoms with Crippen molar-refractivity contribution in [2.24, 2.45) is 0 Å². The zero-order valence-corrected chi connectivity index (χ0v) is 16.2. The number of nitrogens with zero attached hydrogens (tertiary/aromatic N) is 3. The van der Waals surface area contributed by atoms with Crippen molar-refractivity contribution in [3.05, 3.63) is 34.6 Å². The molecule has 0 radical (unpaired) electrons. The van der Waals surface area contributed by atoms with Crippen LogP contribution in [0.5, 0.6) is 0 Å². The number of benzene rings is 1. The maximum absolute atomic E-state index is 13.0. The number of hydrogen-bond acceptors (Lipinski definition) is 5. The molecule has 2 aliphatic rings. The lowest BCUT2D eigenvalue weighted by atomic mass is 10.1. The van der Waals surface area contributed by atoms with Crippen molar-refractivity contribution in [1.82, 2.24) is 14.5 Å². The first-order chi connectivity index (χ1) is 13.2. The summed E-state index contributed by atoms with van der Waals surface area (Å²) in [5.41, 5.74) is 0.628. The van der Waals surface area contributed by atoms with Crippen LogP contribution < -0.4 is 5.56 Å². The minimum atomic E-state index is -0.0518. The second-order valence-corrected chi connectivity index (χ2v) is 8.13. The van der Waals surface area contributed by atoms with Crippen LogP contribution in [0, 0.1) is 0 Å². The van der Waals surface area contributed by atoms with Gasteiger partial charge in [0.2, 0.25) is 5.91 Å². The lowest BCUT2D eigenvalue weighted by Crippen LogP contribution is -2.37. The van der Waals surface area contributed by atoms with Crippen molar-refractivity contribution >= 4 is 28.6 Å². The minimum Gasteiger partial charge on any atom is -0.376 e. The van der Waals surface area contributed by atoms with Crippen LogP contribution in [0.2, 0.25) is 0 Å². The zero-order chi connectivity index (χ0) is 18.6. The van der Waals surface area contributed by atoms with E-state index in [0.29, 0.717) is 28.4 Å². The van der Waals surface area contributed by atoms with Crippen LogP contribution in [0.4, 0.5) is 0 Å². The largest absolute Gasteiger partial charge is 0.376 e. The van der Waals surface area contributed by atoms with Crippen LogP contribution >= 0.6 is 11.8 Å². The van der Waals surface area contributed by atoms with E-state index in [1.807, 2.05) is 29.2 Å². The number of fused-ring (bicyclic) bond motifs is 1. The number of ether oxygens (including phenoxy) is 1. The van der Waals surface area contributed by atoms with Crippen LogP contribution in [0.15, 0.2) is 34.2 Å². The van der Waals surface area contributed by atoms with Gasteiger partial charge in [-0.05, 0) is 44.2 Å². The molecule has 6 nitrogen and oxygen atoms in total. The van der Waals surface area contributed by atoms with Crippen molar-refractivity contribution < 1.29 is 9.53 Å². The summed E-state index contributed by atoms with van der Waals surface area (Å²) in [6, 6.07) is 7.40. The van der Waals surface area contributed by atoms with Crippen LogP contribution in [0.25, 0.3) is 10.9 Å². The Morgan fingerprint density at radius 3 is 2.78 bits per heavy atom. The molecule has 2 saturated heterocycles. The second kappa shape index (κ2) is 8.44. The highest BCUT2D eigenvalue weighted by molar-refractivity contribution is 7.99. The molecule has 0 aliphatic carbocycles. The van der Waals surface area contributed by atoms with E-state index in [-0.39, 0.29) is 17.6 Å². The van der Waals surface area contributed by atoms with Crippen LogP contribution in [-0.2, 0) is 16.1 Å². The number of likely N-dealkylation sites (tertiary alicyclic amines) is 1. The molecule has 7 heteroatoms. The molecule has 0 N–H and O–H groups in total. The van der Waals surface area contributed by atoms with Gasteiger partial charge in [0.1, 0.15) is 0 Å². The van der Waals surface area contributed by atoms with E-state index < -0.39 is 0 Å². The number of thioether (sulfide) groups is 1. The molecule has 4 rings (SSSR count). The third-order valence-corrected chi connectivity index (χ3v) is 6.23. The molecule has 1 unspecified atom stereocenters. The first-order valence-electron chi connectivity index (χ1n) is 9.74. The maximum atomic E-state index is 13.0. The monoisotopic (exact) mass is 387 g/mol. The Kier molecular flexibility index (Phi) is 5.78. The summed E-state index contributed by atoms with van der Waals surface area (Å²) >= 11 is 1.37. The van der Waals surface area contributed by atoms with E-state index in [2.05, 4.69) is 0 Å². The number of para-hydroxylation sites is 1. The highest BCUT2D eigenvalue weighted by Gasteiger charge is 2.22. The molecule has 1 atom stereocenters. The summed E-state index contributed by atoms with van der Waals surface area (Å²) in [6.45, 7) is 2.92. The number of hydrogen-bond donors (Lipinski definition) is 0. The van der Waals surface area contributed by atoms with Gasteiger partial charge in [-0.3, -0.25) is 14.2 Å². The lowest BCUT2D eigenvalue weighted by Gasteiger charge is -2.26. The predicted molar refractivity (Wildman–Crippen MR) is 106 cm³/mol. The van der Waals surface area contributed by atoms with Crippen LogP contribution in [-0.4, -0.2) is 51.9 Å². The number of rotatable bonds is 5. The molecule has 0 spiro atoms. The second-order valence-electron chi connectivity index (χ2n) is 7.19. The fourth-order valence-corrected chi connectivity index (χ4v) is 4.68. The van der Waals surface area contributed by atoms with Gasteiger partial charge >= 0.3 is 0 Å². The molecule has 2 aromatic rings. The van der Waals surface area contributed by atoms with Gasteiger partial charge in [-0.2, -0.15) is 0 Å². The van der Waals surface area contributed by atoms with Crippen molar-refractivity contribution in [3.63, 3.8) is 0 Å². The Labute approximate surface area is 162 Å². The first-order valence-corrected chi connectivity index (χ1v) is 10.7. The third-order valence-electron chi connectivity index (χ3n) is 5.27. The normalized spacial score (nSPS) is 20.3. The number of aromatic nitrogens is 2. The fraction of sp³-hybridized carbons (Fsp3) is 0.550. The van der Waals surface area contributed by atoms with Gasteiger partial charge in [-0.25, -0.2) is 4.98 Å². The summed E-state index contributed by atoms with van der Waals surface area (Å²) in [5, 5.41) is 1.22. The molecule has 1 aromatic heterocycles. The van der Waals surface area contributed by atoms with Gasteiger partial charge < -0.3 is 9.64 Å². The lowest BCUT2D eigenvalue weighted by molar-refractivity contribution is -0.129. The minimum absolute atomic E-state index is 0.0443.